The van der Waals surface area contributed by atoms with Gasteiger partial charge in [-0.3, -0.25) is 0 Å². The van der Waals surface area contributed by atoms with Gasteiger partial charge in [-0.15, -0.1) is 0 Å². The van der Waals surface area contributed by atoms with Crippen LogP contribution in [0.1, 0.15) is 0 Å². The van der Waals surface area contributed by atoms with Crippen LogP contribution in [0, 0.1) is 10.2 Å². The van der Waals surface area contributed by atoms with Gasteiger partial charge in [0.25, 0.3) is 0 Å². The molecule has 0 saturated heterocycles. The van der Waals surface area contributed by atoms with E-state index >= 15 is 0 Å². The second-order valence-corrected chi connectivity index (χ2v) is 3.77. The van der Waals surface area contributed by atoms with E-state index in [0.29, 0.717) is 0 Å². The number of halogens is 1. The lowest BCUT2D eigenvalue weighted by Crippen LogP contribution is -2.58. The lowest BCUT2D eigenvalue weighted by atomic mass is 10.7. The number of hydrogen-bond acceptors (Lipinski definition) is 6. The van der Waals surface area contributed by atoms with Crippen molar-refractivity contribution in [1.82, 2.24) is 4.98 Å². The molecule has 2 heterocycles. The SMILES string of the molecule is [O-][Cl+3]([O-])([O-])O.c1cnc2scc[n+]2c1. The predicted octanol–water partition coefficient (Wildman–Crippen LogP) is -3.24. The third-order valence-corrected chi connectivity index (χ3v) is 1.92. The van der Waals surface area contributed by atoms with E-state index in [4.69, 9.17) is 18.6 Å². The molecule has 0 atom stereocenters. The van der Waals surface area contributed by atoms with E-state index in [0.717, 1.165) is 4.96 Å². The molecule has 8 heteroatoms. The van der Waals surface area contributed by atoms with E-state index in [1.807, 2.05) is 28.2 Å². The van der Waals surface area contributed by atoms with Gasteiger partial charge in [-0.05, 0) is 4.98 Å². The molecule has 0 aliphatic heterocycles. The van der Waals surface area contributed by atoms with Crippen LogP contribution in [0.3, 0.4) is 0 Å². The van der Waals surface area contributed by atoms with E-state index in [-0.39, 0.29) is 0 Å². The van der Waals surface area contributed by atoms with Gasteiger partial charge in [-0.2, -0.15) is 18.4 Å². The van der Waals surface area contributed by atoms with Crippen LogP contribution < -0.4 is 18.4 Å². The highest BCUT2D eigenvalue weighted by Crippen LogP contribution is 1.97. The summed E-state index contributed by atoms with van der Waals surface area (Å²) in [6.45, 7) is 0. The van der Waals surface area contributed by atoms with Crippen LogP contribution in [0.25, 0.3) is 4.96 Å². The van der Waals surface area contributed by atoms with Crippen molar-refractivity contribution in [2.24, 2.45) is 0 Å². The van der Waals surface area contributed by atoms with Crippen LogP contribution in [0.5, 0.6) is 0 Å². The minimum absolute atomic E-state index is 1.04. The largest absolute Gasteiger partial charge is 0.386 e. The van der Waals surface area contributed by atoms with Crippen LogP contribution in [0.4, 0.5) is 0 Å². The molecule has 14 heavy (non-hydrogen) atoms. The fourth-order valence-corrected chi connectivity index (χ4v) is 1.41. The maximum atomic E-state index is 8.60. The molecule has 0 spiro atoms. The molecule has 0 amide bonds. The summed E-state index contributed by atoms with van der Waals surface area (Å²) in [7, 11) is -4.69. The Bertz CT molecular complexity index is 366. The van der Waals surface area contributed by atoms with Crippen molar-refractivity contribution in [1.29, 1.82) is 0 Å². The summed E-state index contributed by atoms with van der Waals surface area (Å²) in [5.41, 5.74) is 0. The third-order valence-electron chi connectivity index (χ3n) is 1.13. The second-order valence-electron chi connectivity index (χ2n) is 2.11. The van der Waals surface area contributed by atoms with Crippen molar-refractivity contribution in [2.75, 3.05) is 0 Å². The minimum atomic E-state index is -4.69. The van der Waals surface area contributed by atoms with Crippen molar-refractivity contribution in [3.63, 3.8) is 0 Å². The monoisotopic (exact) mass is 237 g/mol. The Morgan fingerprint density at radius 2 is 2.00 bits per heavy atom. The first kappa shape index (κ1) is 11.2. The summed E-state index contributed by atoms with van der Waals surface area (Å²) in [6, 6.07) is 1.92. The zero-order valence-corrected chi connectivity index (χ0v) is 8.31. The first-order valence-electron chi connectivity index (χ1n) is 3.29. The molecular weight excluding hydrogens is 232 g/mol. The predicted molar refractivity (Wildman–Crippen MR) is 37.5 cm³/mol. The zero-order valence-electron chi connectivity index (χ0n) is 6.74. The van der Waals surface area contributed by atoms with E-state index in [9.17, 15) is 0 Å². The molecule has 2 rings (SSSR count). The minimum Gasteiger partial charge on any atom is -0.193 e. The Morgan fingerprint density at radius 1 is 1.36 bits per heavy atom. The van der Waals surface area contributed by atoms with E-state index in [1.165, 1.54) is 0 Å². The van der Waals surface area contributed by atoms with E-state index in [2.05, 4.69) is 4.98 Å². The normalized spacial score (nSPS) is 10.9. The number of nitrogens with zero attached hydrogens (tertiary/aromatic N) is 2. The van der Waals surface area contributed by atoms with Crippen molar-refractivity contribution in [3.8, 4) is 0 Å². The standard InChI is InChI=1S/C6H5N2S.ClHO4/c1-2-7-6-8(3-1)4-5-9-6;2-1(3,4)5/h1-5H;(H,2,3,4,5)/q+1;. The van der Waals surface area contributed by atoms with Crippen LogP contribution in [0.2, 0.25) is 0 Å². The van der Waals surface area contributed by atoms with Gasteiger partial charge in [-0.25, -0.2) is 0 Å². The van der Waals surface area contributed by atoms with Gasteiger partial charge in [0.15, 0.2) is 0 Å². The van der Waals surface area contributed by atoms with E-state index < -0.39 is 10.2 Å². The highest BCUT2D eigenvalue weighted by Gasteiger charge is 1.99. The first-order valence-corrected chi connectivity index (χ1v) is 5.44. The molecule has 0 bridgehead atoms. The molecule has 0 aliphatic carbocycles. The summed E-state index contributed by atoms with van der Waals surface area (Å²) >= 11 is 1.64. The third kappa shape index (κ3) is 4.42. The van der Waals surface area contributed by atoms with Crippen LogP contribution in [0.15, 0.2) is 30.0 Å². The Hall–Kier alpha value is -0.830. The molecule has 2 aromatic rings. The van der Waals surface area contributed by atoms with Crippen molar-refractivity contribution < 1.29 is 33.3 Å². The Labute approximate surface area is 85.1 Å². The summed E-state index contributed by atoms with van der Waals surface area (Å²) in [5.74, 6) is 0. The summed E-state index contributed by atoms with van der Waals surface area (Å²) in [4.78, 5) is 5.16. The molecule has 0 saturated carbocycles. The molecule has 0 aromatic carbocycles. The lowest BCUT2D eigenvalue weighted by Gasteiger charge is -2.03. The molecule has 0 fully saturated rings. The molecule has 0 aliphatic rings. The average molecular weight is 238 g/mol. The molecule has 0 unspecified atom stereocenters. The fraction of sp³-hybridized carbons (Fsp3) is 0. The van der Waals surface area contributed by atoms with Gasteiger partial charge < -0.3 is 0 Å². The molecule has 76 valence electrons. The molecule has 1 N–H and O–H groups in total. The smallest absolute Gasteiger partial charge is 0.193 e. The van der Waals surface area contributed by atoms with Crippen LogP contribution in [-0.4, -0.2) is 9.64 Å². The summed E-state index contributed by atoms with van der Waals surface area (Å²) in [5, 5.41) is 2.02. The van der Waals surface area contributed by atoms with Gasteiger partial charge in [0.2, 0.25) is 0 Å². The van der Waals surface area contributed by atoms with Crippen molar-refractivity contribution in [2.45, 2.75) is 0 Å². The maximum absolute atomic E-state index is 8.60. The molecule has 6 nitrogen and oxygen atoms in total. The van der Waals surface area contributed by atoms with Crippen LogP contribution in [-0.2, 0) is 0 Å². The number of fused-ring (bicyclic) bond motifs is 1. The summed E-state index contributed by atoms with van der Waals surface area (Å²) < 4.78 is 34.7. The van der Waals surface area contributed by atoms with E-state index in [1.54, 1.807) is 17.5 Å². The molecule has 2 aromatic heterocycles. The Morgan fingerprint density at radius 3 is 2.57 bits per heavy atom. The maximum Gasteiger partial charge on any atom is 0.386 e. The quantitative estimate of drug-likeness (QED) is 0.485. The average Bonchev–Trinajstić information content (AvgIpc) is 2.47. The second kappa shape index (κ2) is 4.60. The van der Waals surface area contributed by atoms with Gasteiger partial charge in [0.1, 0.15) is 18.6 Å². The van der Waals surface area contributed by atoms with Gasteiger partial charge >= 0.3 is 4.96 Å². The number of aromatic nitrogens is 2. The summed E-state index contributed by atoms with van der Waals surface area (Å²) in [6.07, 6.45) is 5.78. The Kier molecular flexibility index (Phi) is 3.69. The number of rotatable bonds is 0. The molecular formula is C6H6ClN2O4S+. The first-order chi connectivity index (χ1) is 6.47. The highest BCUT2D eigenvalue weighted by atomic mass is 35.7. The van der Waals surface area contributed by atoms with Crippen molar-refractivity contribution in [3.05, 3.63) is 30.0 Å². The van der Waals surface area contributed by atoms with Gasteiger partial charge in [0.05, 0.1) is 14.9 Å². The highest BCUT2D eigenvalue weighted by molar-refractivity contribution is 7.14. The number of hydrogen-bond donors (Lipinski definition) is 1. The van der Waals surface area contributed by atoms with Crippen molar-refractivity contribution >= 4 is 16.3 Å². The lowest BCUT2D eigenvalue weighted by molar-refractivity contribution is -1.92. The van der Waals surface area contributed by atoms with Crippen LogP contribution >= 0.6 is 11.3 Å². The zero-order chi connectivity index (χ0) is 10.6. The fourth-order valence-electron chi connectivity index (χ4n) is 0.730. The van der Waals surface area contributed by atoms with Gasteiger partial charge in [0, 0.05) is 11.4 Å². The topological polar surface area (TPSA) is 106 Å². The number of thiazole rings is 1. The van der Waals surface area contributed by atoms with Gasteiger partial charge in [-0.1, -0.05) is 11.3 Å². The molecule has 0 radical (unpaired) electrons. The Balaban J connectivity index is 0.000000171.